The van der Waals surface area contributed by atoms with Gasteiger partial charge in [0.15, 0.2) is 11.5 Å². The molecule has 3 aromatic heterocycles. The van der Waals surface area contributed by atoms with Crippen LogP contribution in [0.5, 0.6) is 5.75 Å². The monoisotopic (exact) mass is 430 g/mol. The highest BCUT2D eigenvalue weighted by Crippen LogP contribution is 2.26. The first-order chi connectivity index (χ1) is 15.7. The number of nitrogens with one attached hydrogen (secondary N) is 1. The van der Waals surface area contributed by atoms with E-state index in [1.807, 2.05) is 45.6 Å². The zero-order valence-electron chi connectivity index (χ0n) is 18.1. The molecule has 32 heavy (non-hydrogen) atoms. The Hall–Kier alpha value is -3.68. The summed E-state index contributed by atoms with van der Waals surface area (Å²) in [5, 5.41) is 7.70. The molecule has 1 N–H and O–H groups in total. The fourth-order valence-electron chi connectivity index (χ4n) is 4.37. The number of carbonyl (C=O) groups excluding carboxylic acids is 1. The summed E-state index contributed by atoms with van der Waals surface area (Å²) in [6.45, 7) is 0. The molecule has 0 unspecified atom stereocenters. The predicted molar refractivity (Wildman–Crippen MR) is 121 cm³/mol. The first-order valence-corrected chi connectivity index (χ1v) is 11.1. The van der Waals surface area contributed by atoms with Gasteiger partial charge in [0.1, 0.15) is 11.4 Å². The number of hydrogen-bond donors (Lipinski definition) is 1. The maximum absolute atomic E-state index is 13.2. The van der Waals surface area contributed by atoms with Gasteiger partial charge in [-0.2, -0.15) is 5.10 Å². The van der Waals surface area contributed by atoms with Crippen LogP contribution >= 0.6 is 0 Å². The molecule has 5 rings (SSSR count). The lowest BCUT2D eigenvalue weighted by Gasteiger charge is -2.15. The van der Waals surface area contributed by atoms with Crippen LogP contribution in [0.1, 0.15) is 49.0 Å². The predicted octanol–water partition coefficient (Wildman–Crippen LogP) is 4.04. The summed E-state index contributed by atoms with van der Waals surface area (Å²) in [6.07, 6.45) is 13.8. The summed E-state index contributed by atoms with van der Waals surface area (Å²) in [6, 6.07) is 9.75. The first-order valence-electron chi connectivity index (χ1n) is 11.1. The van der Waals surface area contributed by atoms with Gasteiger partial charge in [-0.1, -0.05) is 25.7 Å². The van der Waals surface area contributed by atoms with Gasteiger partial charge in [0, 0.05) is 18.4 Å². The molecule has 1 aliphatic rings. The van der Waals surface area contributed by atoms with E-state index < -0.39 is 0 Å². The molecule has 4 aromatic rings. The van der Waals surface area contributed by atoms with E-state index in [0.29, 0.717) is 17.0 Å². The number of nitrogens with zero attached hydrogens (tertiary/aromatic N) is 5. The van der Waals surface area contributed by atoms with Gasteiger partial charge in [-0.05, 0) is 43.2 Å². The van der Waals surface area contributed by atoms with E-state index in [1.165, 1.54) is 12.8 Å². The van der Waals surface area contributed by atoms with Crippen molar-refractivity contribution in [1.82, 2.24) is 29.5 Å². The summed E-state index contributed by atoms with van der Waals surface area (Å²) >= 11 is 0. The van der Waals surface area contributed by atoms with Gasteiger partial charge in [-0.15, -0.1) is 0 Å². The van der Waals surface area contributed by atoms with E-state index in [1.54, 1.807) is 25.7 Å². The van der Waals surface area contributed by atoms with Crippen LogP contribution in [0.25, 0.3) is 22.7 Å². The number of imidazole rings is 1. The highest BCUT2D eigenvalue weighted by atomic mass is 16.5. The molecule has 1 aromatic carbocycles. The molecule has 1 aliphatic carbocycles. The third-order valence-electron chi connectivity index (χ3n) is 6.04. The highest BCUT2D eigenvalue weighted by Gasteiger charge is 2.23. The zero-order chi connectivity index (χ0) is 21.9. The van der Waals surface area contributed by atoms with Crippen molar-refractivity contribution in [3.8, 4) is 23.0 Å². The van der Waals surface area contributed by atoms with Crippen molar-refractivity contribution in [1.29, 1.82) is 0 Å². The second-order valence-corrected chi connectivity index (χ2v) is 8.10. The molecule has 0 atom stereocenters. The average Bonchev–Trinajstić information content (AvgIpc) is 3.37. The number of aromatic nitrogens is 5. The number of fused-ring (bicyclic) bond motifs is 1. The van der Waals surface area contributed by atoms with Gasteiger partial charge in [0.25, 0.3) is 5.91 Å². The Labute approximate surface area is 186 Å². The summed E-state index contributed by atoms with van der Waals surface area (Å²) < 4.78 is 8.96. The Balaban J connectivity index is 1.52. The molecule has 8 heteroatoms. The molecule has 3 heterocycles. The van der Waals surface area contributed by atoms with Crippen molar-refractivity contribution in [2.24, 2.45) is 0 Å². The van der Waals surface area contributed by atoms with Crippen LogP contribution in [-0.2, 0) is 0 Å². The van der Waals surface area contributed by atoms with Crippen molar-refractivity contribution < 1.29 is 9.53 Å². The molecular formula is C24H26N6O2. The van der Waals surface area contributed by atoms with Crippen molar-refractivity contribution in [3.63, 3.8) is 0 Å². The maximum Gasteiger partial charge on any atom is 0.272 e. The van der Waals surface area contributed by atoms with Crippen LogP contribution in [-0.4, -0.2) is 43.2 Å². The summed E-state index contributed by atoms with van der Waals surface area (Å²) in [5.74, 6) is 1.27. The lowest BCUT2D eigenvalue weighted by Crippen LogP contribution is -2.34. The average molecular weight is 431 g/mol. The third-order valence-corrected chi connectivity index (χ3v) is 6.04. The lowest BCUT2D eigenvalue weighted by molar-refractivity contribution is 0.0930. The minimum Gasteiger partial charge on any atom is -0.497 e. The van der Waals surface area contributed by atoms with E-state index in [-0.39, 0.29) is 11.9 Å². The number of hydrogen-bond acceptors (Lipinski definition) is 5. The quantitative estimate of drug-likeness (QED) is 0.483. The van der Waals surface area contributed by atoms with E-state index in [2.05, 4.69) is 15.4 Å². The minimum absolute atomic E-state index is 0.149. The van der Waals surface area contributed by atoms with Crippen LogP contribution in [0.3, 0.4) is 0 Å². The second kappa shape index (κ2) is 8.82. The molecule has 0 saturated heterocycles. The molecule has 1 fully saturated rings. The molecule has 164 valence electrons. The minimum atomic E-state index is -0.149. The maximum atomic E-state index is 13.2. The smallest absolute Gasteiger partial charge is 0.272 e. The van der Waals surface area contributed by atoms with Crippen molar-refractivity contribution in [2.75, 3.05) is 7.11 Å². The standard InChI is InChI=1S/C24H26N6O2/c1-32-19-10-8-18(9-11-19)30-20(12-13-26-30)23-28-22(21-16-25-14-15-29(21)23)24(31)27-17-6-4-2-3-5-7-17/h8-17H,2-7H2,1H3,(H,27,31). The Bertz CT molecular complexity index is 1220. The molecule has 1 amide bonds. The van der Waals surface area contributed by atoms with Crippen LogP contribution < -0.4 is 10.1 Å². The number of methoxy groups -OCH3 is 1. The molecule has 0 bridgehead atoms. The van der Waals surface area contributed by atoms with Gasteiger partial charge < -0.3 is 10.1 Å². The number of rotatable bonds is 5. The van der Waals surface area contributed by atoms with Gasteiger partial charge in [0.2, 0.25) is 0 Å². The van der Waals surface area contributed by atoms with E-state index >= 15 is 0 Å². The highest BCUT2D eigenvalue weighted by molar-refractivity contribution is 6.00. The van der Waals surface area contributed by atoms with E-state index in [9.17, 15) is 4.79 Å². The van der Waals surface area contributed by atoms with Crippen LogP contribution in [0, 0.1) is 0 Å². The van der Waals surface area contributed by atoms with Crippen LogP contribution in [0.15, 0.2) is 55.1 Å². The first kappa shape index (κ1) is 20.2. The Kier molecular flexibility index (Phi) is 5.58. The third kappa shape index (κ3) is 3.84. The molecule has 1 saturated carbocycles. The van der Waals surface area contributed by atoms with Gasteiger partial charge in [-0.25, -0.2) is 9.67 Å². The van der Waals surface area contributed by atoms with Crippen molar-refractivity contribution in [2.45, 2.75) is 44.6 Å². The fourth-order valence-corrected chi connectivity index (χ4v) is 4.37. The van der Waals surface area contributed by atoms with Gasteiger partial charge >= 0.3 is 0 Å². The van der Waals surface area contributed by atoms with Crippen molar-refractivity contribution in [3.05, 3.63) is 60.8 Å². The number of ether oxygens (including phenoxy) is 1. The molecular weight excluding hydrogens is 404 g/mol. The SMILES string of the molecule is COc1ccc(-n2nccc2-c2nc(C(=O)NC3CCCCCC3)c3cnccn23)cc1. The lowest BCUT2D eigenvalue weighted by atomic mass is 10.1. The van der Waals surface area contributed by atoms with E-state index in [4.69, 9.17) is 9.72 Å². The fraction of sp³-hybridized carbons (Fsp3) is 0.333. The van der Waals surface area contributed by atoms with Gasteiger partial charge in [-0.3, -0.25) is 14.2 Å². The Morgan fingerprint density at radius 3 is 2.59 bits per heavy atom. The van der Waals surface area contributed by atoms with E-state index in [0.717, 1.165) is 42.8 Å². The molecule has 8 nitrogen and oxygen atoms in total. The van der Waals surface area contributed by atoms with Crippen molar-refractivity contribution >= 4 is 11.4 Å². The largest absolute Gasteiger partial charge is 0.497 e. The van der Waals surface area contributed by atoms with Gasteiger partial charge in [0.05, 0.1) is 30.7 Å². The normalized spacial score (nSPS) is 14.9. The van der Waals surface area contributed by atoms with Crippen LogP contribution in [0.2, 0.25) is 0 Å². The summed E-state index contributed by atoms with van der Waals surface area (Å²) in [5.41, 5.74) is 2.72. The Morgan fingerprint density at radius 2 is 1.84 bits per heavy atom. The molecule has 0 spiro atoms. The zero-order valence-corrected chi connectivity index (χ0v) is 18.1. The number of carbonyl (C=O) groups is 1. The second-order valence-electron chi connectivity index (χ2n) is 8.10. The summed E-state index contributed by atoms with van der Waals surface area (Å²) in [4.78, 5) is 22.2. The number of benzene rings is 1. The summed E-state index contributed by atoms with van der Waals surface area (Å²) in [7, 11) is 1.64. The van der Waals surface area contributed by atoms with Crippen LogP contribution in [0.4, 0.5) is 0 Å². The Morgan fingerprint density at radius 1 is 1.06 bits per heavy atom. The molecule has 0 radical (unpaired) electrons. The number of amides is 1. The topological polar surface area (TPSA) is 86.3 Å². The molecule has 0 aliphatic heterocycles.